The molecule has 1 aliphatic heterocycles. The first kappa shape index (κ1) is 16.9. The Labute approximate surface area is 157 Å². The number of carbonyl (C=O) groups excluding carboxylic acids is 1. The normalized spacial score (nSPS) is 15.3. The van der Waals surface area contributed by atoms with Crippen molar-refractivity contribution in [2.75, 3.05) is 31.5 Å². The van der Waals surface area contributed by atoms with E-state index in [1.54, 1.807) is 24.3 Å². The Balaban J connectivity index is 1.30. The molecule has 0 saturated carbocycles. The minimum absolute atomic E-state index is 0.0697. The summed E-state index contributed by atoms with van der Waals surface area (Å²) in [7, 11) is 0. The number of nitrogens with zero attached hydrogens (tertiary/aromatic N) is 4. The minimum atomic E-state index is -0.0697. The molecule has 7 heteroatoms. The summed E-state index contributed by atoms with van der Waals surface area (Å²) in [6.45, 7) is 3.87. The number of aromatic nitrogens is 2. The molecule has 6 nitrogen and oxygen atoms in total. The molecule has 1 aromatic carbocycles. The van der Waals surface area contributed by atoms with Crippen LogP contribution in [0.2, 0.25) is 5.02 Å². The van der Waals surface area contributed by atoms with Gasteiger partial charge in [-0.05, 0) is 42.5 Å². The summed E-state index contributed by atoms with van der Waals surface area (Å²) in [5.74, 6) is 0. The number of hydrogen-bond acceptors (Lipinski definition) is 3. The van der Waals surface area contributed by atoms with Gasteiger partial charge in [0.25, 0.3) is 0 Å². The SMILES string of the molecule is O=C(Nc1ccc(Cl)cc1)N1CCN(Cc2cc3ccccn3n2)CC1. The van der Waals surface area contributed by atoms with Gasteiger partial charge in [-0.3, -0.25) is 4.90 Å². The van der Waals surface area contributed by atoms with Crippen LogP contribution in [0.4, 0.5) is 10.5 Å². The topological polar surface area (TPSA) is 52.9 Å². The van der Waals surface area contributed by atoms with E-state index in [1.807, 2.05) is 27.7 Å². The van der Waals surface area contributed by atoms with E-state index in [-0.39, 0.29) is 6.03 Å². The lowest BCUT2D eigenvalue weighted by molar-refractivity contribution is 0.142. The third-order valence-electron chi connectivity index (χ3n) is 4.56. The van der Waals surface area contributed by atoms with Crippen molar-refractivity contribution in [2.24, 2.45) is 0 Å². The fraction of sp³-hybridized carbons (Fsp3) is 0.263. The molecule has 0 atom stereocenters. The molecule has 26 heavy (non-hydrogen) atoms. The number of halogens is 1. The lowest BCUT2D eigenvalue weighted by Crippen LogP contribution is -2.49. The van der Waals surface area contributed by atoms with E-state index in [4.69, 9.17) is 11.6 Å². The maximum Gasteiger partial charge on any atom is 0.321 e. The number of carbonyl (C=O) groups is 1. The van der Waals surface area contributed by atoms with E-state index in [1.165, 1.54) is 0 Å². The number of benzene rings is 1. The third-order valence-corrected chi connectivity index (χ3v) is 4.81. The van der Waals surface area contributed by atoms with Crippen LogP contribution in [-0.4, -0.2) is 51.6 Å². The van der Waals surface area contributed by atoms with E-state index < -0.39 is 0 Å². The Morgan fingerprint density at radius 1 is 1.08 bits per heavy atom. The molecule has 2 amide bonds. The fourth-order valence-electron chi connectivity index (χ4n) is 3.14. The van der Waals surface area contributed by atoms with Crippen LogP contribution in [0.5, 0.6) is 0 Å². The summed E-state index contributed by atoms with van der Waals surface area (Å²) in [5, 5.41) is 8.17. The third kappa shape index (κ3) is 3.81. The molecule has 134 valence electrons. The van der Waals surface area contributed by atoms with Crippen molar-refractivity contribution in [3.8, 4) is 0 Å². The van der Waals surface area contributed by atoms with Gasteiger partial charge >= 0.3 is 6.03 Å². The maximum atomic E-state index is 12.4. The van der Waals surface area contributed by atoms with Crippen LogP contribution in [0.25, 0.3) is 5.52 Å². The molecule has 1 N–H and O–H groups in total. The highest BCUT2D eigenvalue weighted by Gasteiger charge is 2.21. The summed E-state index contributed by atoms with van der Waals surface area (Å²) in [6.07, 6.45) is 1.96. The lowest BCUT2D eigenvalue weighted by atomic mass is 10.3. The Morgan fingerprint density at radius 2 is 1.85 bits per heavy atom. The van der Waals surface area contributed by atoms with Crippen molar-refractivity contribution in [2.45, 2.75) is 6.54 Å². The van der Waals surface area contributed by atoms with Gasteiger partial charge in [-0.15, -0.1) is 0 Å². The Hall–Kier alpha value is -2.57. The molecule has 4 rings (SSSR count). The smallest absolute Gasteiger partial charge is 0.321 e. The van der Waals surface area contributed by atoms with Gasteiger partial charge in [0.05, 0.1) is 11.2 Å². The molecule has 0 aliphatic carbocycles. The molecule has 3 heterocycles. The zero-order valence-corrected chi connectivity index (χ0v) is 15.1. The van der Waals surface area contributed by atoms with Crippen LogP contribution >= 0.6 is 11.6 Å². The van der Waals surface area contributed by atoms with Gasteiger partial charge in [0.1, 0.15) is 0 Å². The molecule has 0 spiro atoms. The molecule has 1 fully saturated rings. The van der Waals surface area contributed by atoms with E-state index in [9.17, 15) is 4.79 Å². The van der Waals surface area contributed by atoms with Crippen molar-refractivity contribution in [1.29, 1.82) is 0 Å². The summed E-state index contributed by atoms with van der Waals surface area (Å²) >= 11 is 5.87. The van der Waals surface area contributed by atoms with E-state index >= 15 is 0 Å². The number of urea groups is 1. The van der Waals surface area contributed by atoms with Gasteiger partial charge in [0.2, 0.25) is 0 Å². The predicted octanol–water partition coefficient (Wildman–Crippen LogP) is 3.34. The van der Waals surface area contributed by atoms with Crippen LogP contribution in [0.15, 0.2) is 54.7 Å². The zero-order chi connectivity index (χ0) is 17.9. The van der Waals surface area contributed by atoms with Crippen molar-refractivity contribution in [1.82, 2.24) is 19.4 Å². The minimum Gasteiger partial charge on any atom is -0.322 e. The maximum absolute atomic E-state index is 12.4. The summed E-state index contributed by atoms with van der Waals surface area (Å²) in [6, 6.07) is 15.2. The molecule has 1 aliphatic rings. The average molecular weight is 370 g/mol. The Kier molecular flexibility index (Phi) is 4.77. The molecule has 3 aromatic rings. The van der Waals surface area contributed by atoms with Crippen LogP contribution in [-0.2, 0) is 6.54 Å². The Morgan fingerprint density at radius 3 is 2.58 bits per heavy atom. The second kappa shape index (κ2) is 7.35. The van der Waals surface area contributed by atoms with Crippen LogP contribution in [0.3, 0.4) is 0 Å². The second-order valence-electron chi connectivity index (χ2n) is 6.41. The number of amides is 2. The molecular weight excluding hydrogens is 350 g/mol. The standard InChI is InChI=1S/C19H20ClN5O/c20-15-4-6-16(7-5-15)21-19(26)24-11-9-23(10-12-24)14-17-13-18-3-1-2-8-25(18)22-17/h1-8,13H,9-12,14H2,(H,21,26). The summed E-state index contributed by atoms with van der Waals surface area (Å²) in [4.78, 5) is 16.6. The largest absolute Gasteiger partial charge is 0.322 e. The molecule has 1 saturated heterocycles. The number of nitrogens with one attached hydrogen (secondary N) is 1. The fourth-order valence-corrected chi connectivity index (χ4v) is 3.27. The van der Waals surface area contributed by atoms with Crippen molar-refractivity contribution < 1.29 is 4.79 Å². The molecule has 0 radical (unpaired) electrons. The van der Waals surface area contributed by atoms with Gasteiger partial charge in [0, 0.05) is 49.6 Å². The second-order valence-corrected chi connectivity index (χ2v) is 6.84. The number of fused-ring (bicyclic) bond motifs is 1. The van der Waals surface area contributed by atoms with E-state index in [0.29, 0.717) is 18.1 Å². The van der Waals surface area contributed by atoms with E-state index in [2.05, 4.69) is 27.4 Å². The highest BCUT2D eigenvalue weighted by atomic mass is 35.5. The number of anilines is 1. The monoisotopic (exact) mass is 369 g/mol. The molecule has 2 aromatic heterocycles. The number of hydrogen-bond donors (Lipinski definition) is 1. The van der Waals surface area contributed by atoms with Crippen molar-refractivity contribution in [3.63, 3.8) is 0 Å². The first-order chi connectivity index (χ1) is 12.7. The molecule has 0 bridgehead atoms. The first-order valence-electron chi connectivity index (χ1n) is 8.64. The van der Waals surface area contributed by atoms with Crippen LogP contribution < -0.4 is 5.32 Å². The number of pyridine rings is 1. The van der Waals surface area contributed by atoms with Gasteiger partial charge in [-0.1, -0.05) is 17.7 Å². The van der Waals surface area contributed by atoms with Gasteiger partial charge in [-0.25, -0.2) is 9.31 Å². The highest BCUT2D eigenvalue weighted by molar-refractivity contribution is 6.30. The zero-order valence-electron chi connectivity index (χ0n) is 14.3. The average Bonchev–Trinajstić information content (AvgIpc) is 3.06. The lowest BCUT2D eigenvalue weighted by Gasteiger charge is -2.34. The van der Waals surface area contributed by atoms with Crippen LogP contribution in [0.1, 0.15) is 5.69 Å². The molecular formula is C19H20ClN5O. The van der Waals surface area contributed by atoms with E-state index in [0.717, 1.165) is 36.5 Å². The Bertz CT molecular complexity index is 867. The number of piperazine rings is 1. The number of rotatable bonds is 3. The highest BCUT2D eigenvalue weighted by Crippen LogP contribution is 2.15. The van der Waals surface area contributed by atoms with Gasteiger partial charge in [-0.2, -0.15) is 5.10 Å². The summed E-state index contributed by atoms with van der Waals surface area (Å²) < 4.78 is 1.89. The van der Waals surface area contributed by atoms with Crippen molar-refractivity contribution in [3.05, 3.63) is 65.4 Å². The quantitative estimate of drug-likeness (QED) is 0.770. The molecule has 0 unspecified atom stereocenters. The van der Waals surface area contributed by atoms with Gasteiger partial charge in [0.15, 0.2) is 0 Å². The van der Waals surface area contributed by atoms with Crippen molar-refractivity contribution >= 4 is 28.8 Å². The predicted molar refractivity (Wildman–Crippen MR) is 103 cm³/mol. The van der Waals surface area contributed by atoms with Gasteiger partial charge < -0.3 is 10.2 Å². The van der Waals surface area contributed by atoms with Crippen LogP contribution in [0, 0.1) is 0 Å². The first-order valence-corrected chi connectivity index (χ1v) is 9.02. The summed E-state index contributed by atoms with van der Waals surface area (Å²) in [5.41, 5.74) is 2.91.